The predicted molar refractivity (Wildman–Crippen MR) is 158 cm³/mol. The molecule has 0 bridgehead atoms. The monoisotopic (exact) mass is 655 g/mol. The summed E-state index contributed by atoms with van der Waals surface area (Å²) in [5, 5.41) is 11.1. The van der Waals surface area contributed by atoms with Gasteiger partial charge in [0.2, 0.25) is 5.75 Å². The van der Waals surface area contributed by atoms with E-state index in [1.807, 2.05) is 0 Å². The van der Waals surface area contributed by atoms with Crippen LogP contribution in [0.1, 0.15) is 41.4 Å². The molecule has 0 N–H and O–H groups in total. The summed E-state index contributed by atoms with van der Waals surface area (Å²) in [5.41, 5.74) is -1.31. The van der Waals surface area contributed by atoms with E-state index in [4.69, 9.17) is 32.7 Å². The smallest absolute Gasteiger partial charge is 0.339 e. The molecule has 15 heteroatoms. The molecule has 4 amide bonds. The molecule has 0 saturated heterocycles. The third kappa shape index (κ3) is 5.11. The number of amides is 4. The number of hydrogen-bond acceptors (Lipinski definition) is 8. The van der Waals surface area contributed by atoms with Crippen molar-refractivity contribution in [3.05, 3.63) is 121 Å². The molecule has 0 saturated carbocycles. The van der Waals surface area contributed by atoms with Crippen molar-refractivity contribution in [1.82, 2.24) is 0 Å². The number of halogens is 4. The van der Waals surface area contributed by atoms with E-state index in [0.717, 1.165) is 24.1 Å². The second kappa shape index (κ2) is 11.9. The molecule has 45 heavy (non-hydrogen) atoms. The van der Waals surface area contributed by atoms with Gasteiger partial charge in [-0.05, 0) is 36.4 Å². The number of benzene rings is 4. The lowest BCUT2D eigenvalue weighted by molar-refractivity contribution is -0.385. The van der Waals surface area contributed by atoms with Gasteiger partial charge < -0.3 is 9.47 Å². The number of carbonyl (C=O) groups excluding carboxylic acids is 4. The molecule has 0 atom stereocenters. The molecule has 0 aliphatic carbocycles. The average molecular weight is 656 g/mol. The van der Waals surface area contributed by atoms with Crippen LogP contribution in [0.2, 0.25) is 10.0 Å². The summed E-state index contributed by atoms with van der Waals surface area (Å²) >= 11 is 11.6. The van der Waals surface area contributed by atoms with Crippen molar-refractivity contribution in [2.45, 2.75) is 0 Å². The van der Waals surface area contributed by atoms with Gasteiger partial charge in [0, 0.05) is 6.07 Å². The van der Waals surface area contributed by atoms with Crippen molar-refractivity contribution >= 4 is 63.9 Å². The highest BCUT2D eigenvalue weighted by Gasteiger charge is 2.43. The molecule has 2 heterocycles. The molecule has 0 unspecified atom stereocenters. The molecular weight excluding hydrogens is 639 g/mol. The molecule has 228 valence electrons. The first-order chi connectivity index (χ1) is 21.4. The van der Waals surface area contributed by atoms with Crippen molar-refractivity contribution in [1.29, 1.82) is 0 Å². The van der Waals surface area contributed by atoms with E-state index in [9.17, 15) is 38.1 Å². The summed E-state index contributed by atoms with van der Waals surface area (Å²) < 4.78 is 38.4. The van der Waals surface area contributed by atoms with Gasteiger partial charge in [-0.25, -0.2) is 18.6 Å². The molecule has 0 radical (unpaired) electrons. The molecule has 4 aromatic rings. The zero-order chi connectivity index (χ0) is 32.7. The highest BCUT2D eigenvalue weighted by atomic mass is 35.5. The number of ether oxygens (including phenoxy) is 2. The molecule has 4 aromatic carbocycles. The Morgan fingerprint density at radius 2 is 1.13 bits per heavy atom. The molecule has 11 nitrogen and oxygen atoms in total. The standard InChI is InChI=1S/C15H8ClFN2O5.C15H9ClFNO3/c1-24-13-9(16)6-10(17)11(12(13)19(22)23)18-14(20)7-4-2-3-5-8(7)15(18)21;1-21-13-7-12(11(17)6-10(13)16)18-14(19)8-4-2-3-5-9(8)15(18)20/h2-6H,1H3;2-7H,1H3. The molecule has 0 aromatic heterocycles. The Hall–Kier alpha value is -5.40. The van der Waals surface area contributed by atoms with Crippen LogP contribution in [-0.4, -0.2) is 42.8 Å². The van der Waals surface area contributed by atoms with Gasteiger partial charge in [0.05, 0.1) is 57.1 Å². The topological polar surface area (TPSA) is 136 Å². The second-order valence-corrected chi connectivity index (χ2v) is 10.1. The quantitative estimate of drug-likeness (QED) is 0.135. The summed E-state index contributed by atoms with van der Waals surface area (Å²) in [6.07, 6.45) is 0. The van der Waals surface area contributed by atoms with Gasteiger partial charge in [0.15, 0.2) is 11.5 Å². The first kappa shape index (κ1) is 31.0. The number of imide groups is 2. The normalized spacial score (nSPS) is 13.4. The number of fused-ring (bicyclic) bond motifs is 2. The number of methoxy groups -OCH3 is 2. The van der Waals surface area contributed by atoms with Crippen LogP contribution in [0.4, 0.5) is 25.8 Å². The second-order valence-electron chi connectivity index (χ2n) is 9.25. The van der Waals surface area contributed by atoms with Crippen LogP contribution in [-0.2, 0) is 0 Å². The number of anilines is 2. The lowest BCUT2D eigenvalue weighted by Crippen LogP contribution is -2.31. The van der Waals surface area contributed by atoms with Gasteiger partial charge in [-0.15, -0.1) is 0 Å². The maximum absolute atomic E-state index is 14.4. The average Bonchev–Trinajstić information content (AvgIpc) is 3.42. The van der Waals surface area contributed by atoms with Crippen molar-refractivity contribution in [3.8, 4) is 11.5 Å². The maximum Gasteiger partial charge on any atom is 0.339 e. The number of rotatable bonds is 5. The van der Waals surface area contributed by atoms with Crippen molar-refractivity contribution in [2.75, 3.05) is 24.0 Å². The molecular formula is C30H17Cl2F2N3O8. The van der Waals surface area contributed by atoms with E-state index in [-0.39, 0.29) is 43.7 Å². The molecule has 0 spiro atoms. The number of nitro benzene ring substituents is 1. The largest absolute Gasteiger partial charge is 0.495 e. The Morgan fingerprint density at radius 3 is 1.56 bits per heavy atom. The van der Waals surface area contributed by atoms with Crippen LogP contribution >= 0.6 is 23.2 Å². The number of hydrogen-bond donors (Lipinski definition) is 0. The van der Waals surface area contributed by atoms with Gasteiger partial charge in [-0.3, -0.25) is 29.3 Å². The third-order valence-electron chi connectivity index (χ3n) is 6.80. The van der Waals surface area contributed by atoms with Crippen LogP contribution < -0.4 is 19.3 Å². The highest BCUT2D eigenvalue weighted by molar-refractivity contribution is 6.37. The van der Waals surface area contributed by atoms with Crippen molar-refractivity contribution in [3.63, 3.8) is 0 Å². The van der Waals surface area contributed by atoms with Crippen LogP contribution in [0, 0.1) is 21.7 Å². The molecule has 6 rings (SSSR count). The number of carbonyl (C=O) groups is 4. The number of nitrogens with zero attached hydrogens (tertiary/aromatic N) is 3. The minimum absolute atomic E-state index is 0.0325. The van der Waals surface area contributed by atoms with Gasteiger partial charge in [-0.1, -0.05) is 47.5 Å². The van der Waals surface area contributed by atoms with E-state index < -0.39 is 57.3 Å². The van der Waals surface area contributed by atoms with Crippen LogP contribution in [0.5, 0.6) is 11.5 Å². The zero-order valence-electron chi connectivity index (χ0n) is 23.0. The lowest BCUT2D eigenvalue weighted by Gasteiger charge is -2.17. The third-order valence-corrected chi connectivity index (χ3v) is 7.37. The fourth-order valence-electron chi connectivity index (χ4n) is 4.80. The summed E-state index contributed by atoms with van der Waals surface area (Å²) in [4.78, 5) is 61.2. The number of nitro groups is 1. The zero-order valence-corrected chi connectivity index (χ0v) is 24.5. The fraction of sp³-hybridized carbons (Fsp3) is 0.0667. The Bertz CT molecular complexity index is 1900. The first-order valence-electron chi connectivity index (χ1n) is 12.6. The Kier molecular flexibility index (Phi) is 8.24. The van der Waals surface area contributed by atoms with Gasteiger partial charge in [-0.2, -0.15) is 0 Å². The minimum Gasteiger partial charge on any atom is -0.495 e. The first-order valence-corrected chi connectivity index (χ1v) is 13.4. The Balaban J connectivity index is 0.000000179. The predicted octanol–water partition coefficient (Wildman–Crippen LogP) is 6.48. The molecule has 2 aliphatic rings. The minimum atomic E-state index is -1.18. The van der Waals surface area contributed by atoms with Gasteiger partial charge >= 0.3 is 5.69 Å². The van der Waals surface area contributed by atoms with E-state index in [1.54, 1.807) is 12.1 Å². The molecule has 2 aliphatic heterocycles. The SMILES string of the molecule is COc1c(Cl)cc(F)c(N2C(=O)c3ccccc3C2=O)c1[N+](=O)[O-].COc1cc(N2C(=O)c3ccccc3C2=O)c(F)cc1Cl. The highest BCUT2D eigenvalue weighted by Crippen LogP contribution is 2.46. The summed E-state index contributed by atoms with van der Waals surface area (Å²) in [7, 11) is 2.48. The fourth-order valence-corrected chi connectivity index (χ4v) is 5.29. The summed E-state index contributed by atoms with van der Waals surface area (Å²) in [6.45, 7) is 0. The van der Waals surface area contributed by atoms with E-state index in [0.29, 0.717) is 4.90 Å². The lowest BCUT2D eigenvalue weighted by atomic mass is 10.1. The van der Waals surface area contributed by atoms with Crippen LogP contribution in [0.3, 0.4) is 0 Å². The Morgan fingerprint density at radius 1 is 0.689 bits per heavy atom. The van der Waals surface area contributed by atoms with E-state index >= 15 is 0 Å². The Labute approximate surface area is 262 Å². The van der Waals surface area contributed by atoms with E-state index in [1.165, 1.54) is 49.6 Å². The summed E-state index contributed by atoms with van der Waals surface area (Å²) in [6, 6.07) is 15.2. The van der Waals surface area contributed by atoms with E-state index in [2.05, 4.69) is 0 Å². The maximum atomic E-state index is 14.4. The van der Waals surface area contributed by atoms with Gasteiger partial charge in [0.1, 0.15) is 11.6 Å². The van der Waals surface area contributed by atoms with Gasteiger partial charge in [0.25, 0.3) is 23.6 Å². The van der Waals surface area contributed by atoms with Crippen molar-refractivity contribution in [2.24, 2.45) is 0 Å². The molecule has 0 fully saturated rings. The van der Waals surface area contributed by atoms with Crippen LogP contribution in [0.15, 0.2) is 66.7 Å². The van der Waals surface area contributed by atoms with Crippen LogP contribution in [0.25, 0.3) is 0 Å². The van der Waals surface area contributed by atoms with Crippen molar-refractivity contribution < 1.29 is 42.4 Å². The summed E-state index contributed by atoms with van der Waals surface area (Å²) in [5.74, 6) is -5.06.